The maximum atomic E-state index is 9.98. The van der Waals surface area contributed by atoms with Gasteiger partial charge in [0.15, 0.2) is 5.65 Å². The van der Waals surface area contributed by atoms with Gasteiger partial charge >= 0.3 is 0 Å². The molecule has 1 aliphatic heterocycles. The van der Waals surface area contributed by atoms with Crippen LogP contribution in [0.4, 0.5) is 0 Å². The van der Waals surface area contributed by atoms with Gasteiger partial charge in [0.25, 0.3) is 0 Å². The van der Waals surface area contributed by atoms with Gasteiger partial charge in [0.2, 0.25) is 0 Å². The highest BCUT2D eigenvalue weighted by atomic mass is 127. The molecule has 1 fully saturated rings. The van der Waals surface area contributed by atoms with Crippen molar-refractivity contribution in [3.8, 4) is 6.07 Å². The Morgan fingerprint density at radius 1 is 1.32 bits per heavy atom. The second kappa shape index (κ2) is 7.83. The van der Waals surface area contributed by atoms with Gasteiger partial charge in [-0.1, -0.05) is 37.3 Å². The second-order valence-electron chi connectivity index (χ2n) is 8.72. The molecule has 3 heterocycles. The summed E-state index contributed by atoms with van der Waals surface area (Å²) in [4.78, 5) is 7.29. The average molecular weight is 520 g/mol. The van der Waals surface area contributed by atoms with E-state index in [4.69, 9.17) is 4.98 Å². The molecule has 2 unspecified atom stereocenters. The van der Waals surface area contributed by atoms with E-state index in [0.29, 0.717) is 17.4 Å². The molecule has 1 saturated heterocycles. The first kappa shape index (κ1) is 20.3. The Hall–Kier alpha value is -2.59. The van der Waals surface area contributed by atoms with E-state index in [1.807, 2.05) is 24.3 Å². The number of pyridine rings is 1. The third kappa shape index (κ3) is 3.38. The molecule has 0 saturated carbocycles. The van der Waals surface area contributed by atoms with E-state index in [-0.39, 0.29) is 0 Å². The molecule has 0 bridgehead atoms. The summed E-state index contributed by atoms with van der Waals surface area (Å²) in [7, 11) is 0. The monoisotopic (exact) mass is 520 g/mol. The van der Waals surface area contributed by atoms with Crippen LogP contribution in [0.5, 0.6) is 0 Å². The van der Waals surface area contributed by atoms with E-state index in [2.05, 4.69) is 76.6 Å². The lowest BCUT2D eigenvalue weighted by atomic mass is 9.95. The largest absolute Gasteiger partial charge is 0.370 e. The first-order chi connectivity index (χ1) is 15.0. The van der Waals surface area contributed by atoms with Crippen LogP contribution in [-0.2, 0) is 0 Å². The molecule has 2 aromatic heterocycles. The lowest BCUT2D eigenvalue weighted by Gasteiger charge is -2.24. The van der Waals surface area contributed by atoms with Crippen molar-refractivity contribution in [1.82, 2.24) is 14.3 Å². The van der Waals surface area contributed by atoms with Crippen LogP contribution in [0.15, 0.2) is 52.1 Å². The quantitative estimate of drug-likeness (QED) is 0.468. The van der Waals surface area contributed by atoms with Crippen molar-refractivity contribution in [1.29, 1.82) is 5.26 Å². The Bertz CT molecular complexity index is 1420. The lowest BCUT2D eigenvalue weighted by molar-refractivity contribution is 0.478. The van der Waals surface area contributed by atoms with E-state index in [9.17, 15) is 5.26 Å². The number of aromatic nitrogens is 2. The highest BCUT2D eigenvalue weighted by Gasteiger charge is 2.26. The van der Waals surface area contributed by atoms with Crippen molar-refractivity contribution in [2.24, 2.45) is 11.8 Å². The van der Waals surface area contributed by atoms with Crippen LogP contribution in [0, 0.1) is 23.2 Å². The molecule has 3 aromatic rings. The van der Waals surface area contributed by atoms with E-state index in [0.717, 1.165) is 53.2 Å². The summed E-state index contributed by atoms with van der Waals surface area (Å²) in [5.74, 6) is 0.965. The van der Waals surface area contributed by atoms with Crippen molar-refractivity contribution in [3.05, 3.63) is 68.3 Å². The number of fused-ring (bicyclic) bond motifs is 5. The Labute approximate surface area is 196 Å². The zero-order valence-electron chi connectivity index (χ0n) is 17.9. The fraction of sp³-hybridized carbons (Fsp3) is 0.308. The number of allylic oxidation sites excluding steroid dienone is 1. The van der Waals surface area contributed by atoms with E-state index in [1.165, 1.54) is 14.8 Å². The second-order valence-corrected chi connectivity index (χ2v) is 10.1. The maximum Gasteiger partial charge on any atom is 0.156 e. The van der Waals surface area contributed by atoms with Crippen molar-refractivity contribution in [2.75, 3.05) is 13.1 Å². The topological polar surface area (TPSA) is 44.3 Å². The number of rotatable bonds is 2. The zero-order valence-corrected chi connectivity index (χ0v) is 20.1. The molecule has 5 rings (SSSR count). The van der Waals surface area contributed by atoms with Gasteiger partial charge in [-0.15, -0.1) is 0 Å². The van der Waals surface area contributed by atoms with Crippen LogP contribution >= 0.6 is 22.6 Å². The summed E-state index contributed by atoms with van der Waals surface area (Å²) in [5, 5.41) is 12.3. The molecule has 0 spiro atoms. The third-order valence-corrected chi connectivity index (χ3v) is 7.66. The summed E-state index contributed by atoms with van der Waals surface area (Å²) in [6, 6.07) is 12.6. The predicted molar refractivity (Wildman–Crippen MR) is 135 cm³/mol. The summed E-state index contributed by atoms with van der Waals surface area (Å²) in [6.07, 6.45) is 6.77. The molecule has 4 nitrogen and oxygen atoms in total. The normalized spacial score (nSPS) is 22.4. The highest BCUT2D eigenvalue weighted by molar-refractivity contribution is 14.1. The predicted octanol–water partition coefficient (Wildman–Crippen LogP) is 4.50. The summed E-state index contributed by atoms with van der Waals surface area (Å²) in [6.45, 7) is 10.7. The molecule has 2 aliphatic rings. The van der Waals surface area contributed by atoms with Gasteiger partial charge < -0.3 is 4.90 Å². The first-order valence-electron chi connectivity index (χ1n) is 10.8. The van der Waals surface area contributed by atoms with Crippen molar-refractivity contribution >= 4 is 51.0 Å². The highest BCUT2D eigenvalue weighted by Crippen LogP contribution is 2.31. The first-order valence-corrected chi connectivity index (χ1v) is 11.9. The standard InChI is InChI=1S/C26H25IN4/c1-16-8-9-23-21(25(12-17(16)2)30-11-10-19(15-30)18(3)27)13-20(14-28)26-29-22-6-4-5-7-24(22)31(23)26/h4-7,9,12-13,16,19H,3,8,10-11,15H2,1-2H3/b17-12?,23-9-,25-21?. The Balaban J connectivity index is 1.92. The van der Waals surface area contributed by atoms with Gasteiger partial charge in [0.05, 0.1) is 21.9 Å². The maximum absolute atomic E-state index is 9.98. The van der Waals surface area contributed by atoms with Crippen molar-refractivity contribution < 1.29 is 0 Å². The van der Waals surface area contributed by atoms with E-state index >= 15 is 0 Å². The van der Waals surface area contributed by atoms with Crippen LogP contribution in [-0.4, -0.2) is 27.4 Å². The molecule has 31 heavy (non-hydrogen) atoms. The van der Waals surface area contributed by atoms with Gasteiger partial charge in [-0.3, -0.25) is 4.40 Å². The lowest BCUT2D eigenvalue weighted by Crippen LogP contribution is -2.39. The number of hydrogen-bond acceptors (Lipinski definition) is 3. The molecule has 0 N–H and O–H groups in total. The number of nitrogens with zero attached hydrogens (tertiary/aromatic N) is 4. The molecule has 0 radical (unpaired) electrons. The minimum atomic E-state index is 0.460. The van der Waals surface area contributed by atoms with Gasteiger partial charge in [0.1, 0.15) is 6.07 Å². The van der Waals surface area contributed by atoms with Crippen LogP contribution < -0.4 is 10.6 Å². The van der Waals surface area contributed by atoms with E-state index in [1.54, 1.807) is 0 Å². The van der Waals surface area contributed by atoms with Gasteiger partial charge in [-0.2, -0.15) is 5.26 Å². The van der Waals surface area contributed by atoms with E-state index < -0.39 is 0 Å². The molecule has 1 aliphatic carbocycles. The fourth-order valence-electron chi connectivity index (χ4n) is 4.75. The van der Waals surface area contributed by atoms with Crippen LogP contribution in [0.1, 0.15) is 32.3 Å². The van der Waals surface area contributed by atoms with Gasteiger partial charge in [-0.25, -0.2) is 4.98 Å². The number of halogens is 1. The smallest absolute Gasteiger partial charge is 0.156 e. The molecular formula is C26H25IN4. The Kier molecular flexibility index (Phi) is 5.13. The van der Waals surface area contributed by atoms with Crippen molar-refractivity contribution in [2.45, 2.75) is 26.7 Å². The summed E-state index contributed by atoms with van der Waals surface area (Å²) in [5.41, 5.74) is 5.93. The number of hydrogen-bond donors (Lipinski definition) is 0. The number of para-hydroxylation sites is 2. The SMILES string of the molecule is C=C(I)C1CCN(C2=c3cc(C#N)c4nc5ccccc5n4/c3=C\CC(C)C(C)=C2)C1. The van der Waals surface area contributed by atoms with Gasteiger partial charge in [-0.05, 0) is 76.1 Å². The zero-order chi connectivity index (χ0) is 21.7. The van der Waals surface area contributed by atoms with Crippen LogP contribution in [0.2, 0.25) is 0 Å². The average Bonchev–Trinajstić information content (AvgIpc) is 3.40. The minimum Gasteiger partial charge on any atom is -0.370 e. The summed E-state index contributed by atoms with van der Waals surface area (Å²) < 4.78 is 3.41. The molecular weight excluding hydrogens is 495 g/mol. The number of nitriles is 1. The Morgan fingerprint density at radius 2 is 2.13 bits per heavy atom. The van der Waals surface area contributed by atoms with Crippen LogP contribution in [0.3, 0.4) is 0 Å². The third-order valence-electron chi connectivity index (χ3n) is 6.78. The summed E-state index contributed by atoms with van der Waals surface area (Å²) >= 11 is 2.37. The fourth-order valence-corrected chi connectivity index (χ4v) is 5.26. The van der Waals surface area contributed by atoms with Crippen LogP contribution in [0.25, 0.3) is 28.5 Å². The molecule has 2 atom stereocenters. The molecule has 1 aromatic carbocycles. The Morgan fingerprint density at radius 3 is 2.87 bits per heavy atom. The number of benzene rings is 1. The molecule has 0 amide bonds. The molecule has 5 heteroatoms. The number of likely N-dealkylation sites (tertiary alicyclic amines) is 1. The number of imidazole rings is 1. The minimum absolute atomic E-state index is 0.460. The molecule has 156 valence electrons. The van der Waals surface area contributed by atoms with Gasteiger partial charge in [0, 0.05) is 29.9 Å². The van der Waals surface area contributed by atoms with Crippen molar-refractivity contribution in [3.63, 3.8) is 0 Å².